The highest BCUT2D eigenvalue weighted by Gasteiger charge is 2.28. The van der Waals surface area contributed by atoms with Crippen LogP contribution < -0.4 is 9.47 Å². The van der Waals surface area contributed by atoms with Gasteiger partial charge in [0.05, 0.1) is 13.7 Å². The van der Waals surface area contributed by atoms with E-state index in [4.69, 9.17) is 9.47 Å². The molecule has 3 rings (SSSR count). The predicted octanol–water partition coefficient (Wildman–Crippen LogP) is 2.69. The monoisotopic (exact) mass is 313 g/mol. The number of ether oxygens (including phenoxy) is 2. The molecule has 0 aliphatic carbocycles. The average Bonchev–Trinajstić information content (AvgIpc) is 3.04. The first-order chi connectivity index (χ1) is 11.2. The van der Waals surface area contributed by atoms with Gasteiger partial charge in [-0.3, -0.25) is 4.79 Å². The van der Waals surface area contributed by atoms with Crippen molar-refractivity contribution in [3.8, 4) is 17.2 Å². The number of amides is 1. The summed E-state index contributed by atoms with van der Waals surface area (Å²) in [5.74, 6) is 1.68. The van der Waals surface area contributed by atoms with Gasteiger partial charge in [-0.1, -0.05) is 0 Å². The van der Waals surface area contributed by atoms with Gasteiger partial charge in [-0.25, -0.2) is 0 Å². The van der Waals surface area contributed by atoms with Gasteiger partial charge >= 0.3 is 0 Å². The molecule has 1 heterocycles. The summed E-state index contributed by atoms with van der Waals surface area (Å²) in [5, 5.41) is 9.29. The summed E-state index contributed by atoms with van der Waals surface area (Å²) in [6.45, 7) is 1.23. The first kappa shape index (κ1) is 15.2. The first-order valence-corrected chi connectivity index (χ1v) is 7.55. The Morgan fingerprint density at radius 3 is 2.39 bits per heavy atom. The molecule has 120 valence electrons. The van der Waals surface area contributed by atoms with E-state index in [2.05, 4.69) is 0 Å². The second kappa shape index (κ2) is 6.60. The molecule has 2 aromatic carbocycles. The minimum absolute atomic E-state index is 0.00976. The van der Waals surface area contributed by atoms with Crippen LogP contribution in [0.1, 0.15) is 16.8 Å². The molecule has 0 spiro atoms. The lowest BCUT2D eigenvalue weighted by Gasteiger charge is -2.17. The van der Waals surface area contributed by atoms with Gasteiger partial charge in [0.1, 0.15) is 23.4 Å². The second-order valence-electron chi connectivity index (χ2n) is 5.50. The standard InChI is InChI=1S/C18H19NO4/c1-22-15-6-8-16(9-7-15)23-17-10-11-19(12-17)18(21)13-2-4-14(20)5-3-13/h2-9,17,20H,10-12H2,1H3. The number of phenolic OH excluding ortho intramolecular Hbond substituents is 1. The molecular formula is C18H19NO4. The fourth-order valence-electron chi connectivity index (χ4n) is 2.64. The van der Waals surface area contributed by atoms with Crippen LogP contribution in [0.15, 0.2) is 48.5 Å². The smallest absolute Gasteiger partial charge is 0.253 e. The van der Waals surface area contributed by atoms with Crippen molar-refractivity contribution in [2.75, 3.05) is 20.2 Å². The van der Waals surface area contributed by atoms with Crippen LogP contribution in [0.4, 0.5) is 0 Å². The molecule has 5 heteroatoms. The fourth-order valence-corrected chi connectivity index (χ4v) is 2.64. The third-order valence-electron chi connectivity index (χ3n) is 3.91. The number of likely N-dealkylation sites (tertiary alicyclic amines) is 1. The van der Waals surface area contributed by atoms with E-state index >= 15 is 0 Å². The molecular weight excluding hydrogens is 294 g/mol. The van der Waals surface area contributed by atoms with Crippen LogP contribution in [0.5, 0.6) is 17.2 Å². The van der Waals surface area contributed by atoms with Crippen LogP contribution in [-0.4, -0.2) is 42.2 Å². The average molecular weight is 313 g/mol. The van der Waals surface area contributed by atoms with Crippen molar-refractivity contribution < 1.29 is 19.4 Å². The quantitative estimate of drug-likeness (QED) is 0.943. The highest BCUT2D eigenvalue weighted by Crippen LogP contribution is 2.22. The molecule has 23 heavy (non-hydrogen) atoms. The van der Waals surface area contributed by atoms with E-state index in [-0.39, 0.29) is 17.8 Å². The SMILES string of the molecule is COc1ccc(OC2CCN(C(=O)c3ccc(O)cc3)C2)cc1. The lowest BCUT2D eigenvalue weighted by molar-refractivity contribution is 0.0772. The number of rotatable bonds is 4. The maximum Gasteiger partial charge on any atom is 0.253 e. The van der Waals surface area contributed by atoms with E-state index in [0.29, 0.717) is 18.7 Å². The number of carbonyl (C=O) groups is 1. The van der Waals surface area contributed by atoms with Crippen molar-refractivity contribution in [2.24, 2.45) is 0 Å². The van der Waals surface area contributed by atoms with Crippen molar-refractivity contribution in [1.82, 2.24) is 4.90 Å². The Bertz CT molecular complexity index is 666. The summed E-state index contributed by atoms with van der Waals surface area (Å²) in [4.78, 5) is 14.2. The Labute approximate surface area is 135 Å². The van der Waals surface area contributed by atoms with E-state index in [1.165, 1.54) is 12.1 Å². The molecule has 1 N–H and O–H groups in total. The molecule has 1 atom stereocenters. The molecule has 5 nitrogen and oxygen atoms in total. The third-order valence-corrected chi connectivity index (χ3v) is 3.91. The van der Waals surface area contributed by atoms with Gasteiger partial charge in [-0.05, 0) is 48.5 Å². The van der Waals surface area contributed by atoms with Crippen LogP contribution >= 0.6 is 0 Å². The van der Waals surface area contributed by atoms with E-state index in [9.17, 15) is 9.90 Å². The topological polar surface area (TPSA) is 59.0 Å². The zero-order chi connectivity index (χ0) is 16.2. The highest BCUT2D eigenvalue weighted by atomic mass is 16.5. The van der Waals surface area contributed by atoms with Gasteiger partial charge in [0.2, 0.25) is 0 Å². The minimum atomic E-state index is -0.0363. The molecule has 1 saturated heterocycles. The minimum Gasteiger partial charge on any atom is -0.508 e. The Morgan fingerprint density at radius 2 is 1.74 bits per heavy atom. The van der Waals surface area contributed by atoms with Crippen LogP contribution in [0.25, 0.3) is 0 Å². The lowest BCUT2D eigenvalue weighted by atomic mass is 10.2. The molecule has 1 amide bonds. The summed E-state index contributed by atoms with van der Waals surface area (Å²) in [7, 11) is 1.62. The Hall–Kier alpha value is -2.69. The van der Waals surface area contributed by atoms with Crippen molar-refractivity contribution in [2.45, 2.75) is 12.5 Å². The normalized spacial score (nSPS) is 17.1. The van der Waals surface area contributed by atoms with Crippen molar-refractivity contribution >= 4 is 5.91 Å². The van der Waals surface area contributed by atoms with Gasteiger partial charge in [-0.15, -0.1) is 0 Å². The van der Waals surface area contributed by atoms with Crippen molar-refractivity contribution in [3.05, 3.63) is 54.1 Å². The maximum atomic E-state index is 12.4. The van der Waals surface area contributed by atoms with E-state index in [1.54, 1.807) is 24.1 Å². The molecule has 0 aromatic heterocycles. The van der Waals surface area contributed by atoms with Crippen LogP contribution in [0, 0.1) is 0 Å². The summed E-state index contributed by atoms with van der Waals surface area (Å²) in [6, 6.07) is 13.7. The van der Waals surface area contributed by atoms with Gasteiger partial charge in [-0.2, -0.15) is 0 Å². The number of methoxy groups -OCH3 is 1. The van der Waals surface area contributed by atoms with E-state index < -0.39 is 0 Å². The highest BCUT2D eigenvalue weighted by molar-refractivity contribution is 5.94. The molecule has 1 aliphatic rings. The van der Waals surface area contributed by atoms with Crippen molar-refractivity contribution in [3.63, 3.8) is 0 Å². The zero-order valence-corrected chi connectivity index (χ0v) is 12.9. The number of benzene rings is 2. The number of nitrogens with zero attached hydrogens (tertiary/aromatic N) is 1. The molecule has 2 aromatic rings. The zero-order valence-electron chi connectivity index (χ0n) is 12.9. The maximum absolute atomic E-state index is 12.4. The summed E-state index contributed by atoms with van der Waals surface area (Å²) in [5.41, 5.74) is 0.577. The van der Waals surface area contributed by atoms with Crippen molar-refractivity contribution in [1.29, 1.82) is 0 Å². The van der Waals surface area contributed by atoms with Crippen LogP contribution in [-0.2, 0) is 0 Å². The molecule has 0 saturated carbocycles. The molecule has 1 unspecified atom stereocenters. The Morgan fingerprint density at radius 1 is 1.09 bits per heavy atom. The number of carbonyl (C=O) groups excluding carboxylic acids is 1. The molecule has 0 bridgehead atoms. The van der Waals surface area contributed by atoms with Gasteiger partial charge in [0.25, 0.3) is 5.91 Å². The molecule has 1 fully saturated rings. The van der Waals surface area contributed by atoms with Gasteiger partial charge in [0, 0.05) is 18.5 Å². The number of aromatic hydroxyl groups is 1. The van der Waals surface area contributed by atoms with Crippen LogP contribution in [0.2, 0.25) is 0 Å². The summed E-state index contributed by atoms with van der Waals surface area (Å²) >= 11 is 0. The summed E-state index contributed by atoms with van der Waals surface area (Å²) < 4.78 is 11.0. The summed E-state index contributed by atoms with van der Waals surface area (Å²) in [6.07, 6.45) is 0.792. The number of hydrogen-bond acceptors (Lipinski definition) is 4. The Kier molecular flexibility index (Phi) is 4.37. The lowest BCUT2D eigenvalue weighted by Crippen LogP contribution is -2.30. The molecule has 1 aliphatic heterocycles. The van der Waals surface area contributed by atoms with E-state index in [0.717, 1.165) is 17.9 Å². The number of hydrogen-bond donors (Lipinski definition) is 1. The van der Waals surface area contributed by atoms with Crippen LogP contribution in [0.3, 0.4) is 0 Å². The van der Waals surface area contributed by atoms with E-state index in [1.807, 2.05) is 24.3 Å². The largest absolute Gasteiger partial charge is 0.508 e. The van der Waals surface area contributed by atoms with Gasteiger partial charge < -0.3 is 19.5 Å². The van der Waals surface area contributed by atoms with Gasteiger partial charge in [0.15, 0.2) is 0 Å². The Balaban J connectivity index is 1.59. The third kappa shape index (κ3) is 3.56. The number of phenols is 1. The predicted molar refractivity (Wildman–Crippen MR) is 86.0 cm³/mol. The first-order valence-electron chi connectivity index (χ1n) is 7.55. The molecule has 0 radical (unpaired) electrons. The second-order valence-corrected chi connectivity index (χ2v) is 5.50. The fraction of sp³-hybridized carbons (Fsp3) is 0.278.